The first-order chi connectivity index (χ1) is 16.3. The van der Waals surface area contributed by atoms with Crippen LogP contribution in [0.25, 0.3) is 11.2 Å². The number of hydrogen-bond donors (Lipinski definition) is 4. The monoisotopic (exact) mass is 543 g/mol. The molecule has 0 unspecified atom stereocenters. The fourth-order valence-corrected chi connectivity index (χ4v) is 4.04. The number of ether oxygens (including phenoxy) is 2. The Bertz CT molecular complexity index is 1150. The zero-order valence-corrected chi connectivity index (χ0v) is 21.6. The quantitative estimate of drug-likeness (QED) is 0.305. The van der Waals surface area contributed by atoms with Crippen molar-refractivity contribution >= 4 is 47.7 Å². The summed E-state index contributed by atoms with van der Waals surface area (Å²) in [6.07, 6.45) is 0.250. The Morgan fingerprint density at radius 3 is 2.56 bits per heavy atom. The number of rotatable bonds is 8. The zero-order chi connectivity index (χ0) is 24.4. The summed E-state index contributed by atoms with van der Waals surface area (Å²) in [6, 6.07) is 5.52. The normalized spacial score (nSPS) is 21.8. The molecule has 12 nitrogen and oxygen atoms in total. The highest BCUT2D eigenvalue weighted by Crippen LogP contribution is 2.32. The number of methoxy groups -OCH3 is 1. The van der Waals surface area contributed by atoms with Crippen molar-refractivity contribution in [1.82, 2.24) is 24.8 Å². The number of nitrogens with two attached hydrogens (primary N) is 1. The van der Waals surface area contributed by atoms with Gasteiger partial charge < -0.3 is 35.6 Å². The lowest BCUT2D eigenvalue weighted by Gasteiger charge is -2.23. The predicted octanol–water partition coefficient (Wildman–Crippen LogP) is 0.0499. The molecule has 5 N–H and O–H groups in total. The van der Waals surface area contributed by atoms with E-state index in [2.05, 4.69) is 20.3 Å². The third-order valence-electron chi connectivity index (χ3n) is 5.85. The maximum absolute atomic E-state index is 12.8. The van der Waals surface area contributed by atoms with Crippen molar-refractivity contribution in [1.29, 1.82) is 0 Å². The van der Waals surface area contributed by atoms with E-state index in [9.17, 15) is 15.0 Å². The van der Waals surface area contributed by atoms with Crippen LogP contribution in [0.15, 0.2) is 36.9 Å². The Morgan fingerprint density at radius 2 is 1.94 bits per heavy atom. The molecular formula is C22H31Cl2N7O5. The lowest BCUT2D eigenvalue weighted by atomic mass is 10.0. The second-order valence-corrected chi connectivity index (χ2v) is 8.35. The lowest BCUT2D eigenvalue weighted by molar-refractivity contribution is -0.124. The minimum atomic E-state index is -1.18. The van der Waals surface area contributed by atoms with Crippen molar-refractivity contribution < 1.29 is 24.5 Å². The largest absolute Gasteiger partial charge is 0.497 e. The molecule has 1 aliphatic rings. The molecule has 2 aromatic heterocycles. The first-order valence-electron chi connectivity index (χ1n) is 10.8. The third-order valence-corrected chi connectivity index (χ3v) is 5.85. The molecule has 14 heteroatoms. The van der Waals surface area contributed by atoms with E-state index in [4.69, 9.17) is 15.2 Å². The van der Waals surface area contributed by atoms with Crippen LogP contribution in [0.4, 0.5) is 5.82 Å². The van der Waals surface area contributed by atoms with Gasteiger partial charge in [0.15, 0.2) is 23.2 Å². The second-order valence-electron chi connectivity index (χ2n) is 8.35. The van der Waals surface area contributed by atoms with E-state index in [1.54, 1.807) is 28.7 Å². The van der Waals surface area contributed by atoms with Gasteiger partial charge in [0.1, 0.15) is 24.3 Å². The molecule has 1 amide bonds. The van der Waals surface area contributed by atoms with Crippen molar-refractivity contribution in [3.05, 3.63) is 42.5 Å². The summed E-state index contributed by atoms with van der Waals surface area (Å²) in [4.78, 5) is 27.5. The Kier molecular flexibility index (Phi) is 10.2. The van der Waals surface area contributed by atoms with E-state index in [-0.39, 0.29) is 24.8 Å². The molecule has 3 heterocycles. The number of benzene rings is 1. The molecule has 0 spiro atoms. The zero-order valence-electron chi connectivity index (χ0n) is 20.0. The maximum atomic E-state index is 12.8. The van der Waals surface area contributed by atoms with Crippen molar-refractivity contribution in [2.75, 3.05) is 32.7 Å². The number of aromatic nitrogens is 4. The topological polar surface area (TPSA) is 161 Å². The van der Waals surface area contributed by atoms with Gasteiger partial charge in [0.25, 0.3) is 0 Å². The summed E-state index contributed by atoms with van der Waals surface area (Å²) in [5, 5.41) is 23.6. The van der Waals surface area contributed by atoms with Gasteiger partial charge in [0.05, 0.1) is 32.1 Å². The molecule has 0 saturated carbocycles. The summed E-state index contributed by atoms with van der Waals surface area (Å²) < 4.78 is 12.6. The molecule has 1 aliphatic heterocycles. The number of carbonyl (C=O) groups is 1. The summed E-state index contributed by atoms with van der Waals surface area (Å²) in [6.45, 7) is -0.406. The summed E-state index contributed by atoms with van der Waals surface area (Å²) in [5.74, 6) is 0.861. The number of carbonyl (C=O) groups excluding carboxylic acids is 1. The van der Waals surface area contributed by atoms with Gasteiger partial charge in [-0.15, -0.1) is 24.8 Å². The standard InChI is InChI=1S/C22H29N7O5.2ClH/c1-28(2)19-17-20(25-10-24-19)29(11-26-17)22-18(31)16(15(9-30)34-22)27-21(32)14(23)8-12-4-6-13(33-3)7-5-12;;/h4-7,10-11,14-16,18,22,30-31H,8-9,23H2,1-3H3,(H,27,32);2*1H/t14-,15-,16-,18-,22+;;/m0../s1. The lowest BCUT2D eigenvalue weighted by Crippen LogP contribution is -2.53. The highest BCUT2D eigenvalue weighted by Gasteiger charge is 2.46. The van der Waals surface area contributed by atoms with E-state index >= 15 is 0 Å². The van der Waals surface area contributed by atoms with Gasteiger partial charge in [-0.05, 0) is 24.1 Å². The number of halogens is 2. The van der Waals surface area contributed by atoms with Crippen LogP contribution in [-0.4, -0.2) is 87.7 Å². The highest BCUT2D eigenvalue weighted by molar-refractivity contribution is 5.86. The van der Waals surface area contributed by atoms with Crippen molar-refractivity contribution in [2.45, 2.75) is 36.9 Å². The van der Waals surface area contributed by atoms with Crippen molar-refractivity contribution in [3.8, 4) is 5.75 Å². The van der Waals surface area contributed by atoms with Crippen LogP contribution in [-0.2, 0) is 16.0 Å². The molecule has 3 aromatic rings. The van der Waals surface area contributed by atoms with E-state index in [0.29, 0.717) is 29.2 Å². The number of aliphatic hydroxyl groups is 2. The van der Waals surface area contributed by atoms with E-state index in [1.165, 1.54) is 12.7 Å². The van der Waals surface area contributed by atoms with Gasteiger partial charge >= 0.3 is 0 Å². The minimum absolute atomic E-state index is 0. The molecule has 0 bridgehead atoms. The van der Waals surface area contributed by atoms with Gasteiger partial charge in [-0.1, -0.05) is 12.1 Å². The average molecular weight is 544 g/mol. The molecule has 36 heavy (non-hydrogen) atoms. The number of fused-ring (bicyclic) bond motifs is 1. The van der Waals surface area contributed by atoms with Gasteiger partial charge in [0.2, 0.25) is 5.91 Å². The first kappa shape index (κ1) is 29.5. The molecule has 1 saturated heterocycles. The molecule has 1 aromatic carbocycles. The molecule has 4 rings (SSSR count). The number of aliphatic hydroxyl groups excluding tert-OH is 2. The van der Waals surface area contributed by atoms with Crippen LogP contribution in [0.3, 0.4) is 0 Å². The summed E-state index contributed by atoms with van der Waals surface area (Å²) >= 11 is 0. The Morgan fingerprint density at radius 1 is 1.25 bits per heavy atom. The fraction of sp³-hybridized carbons (Fsp3) is 0.455. The fourth-order valence-electron chi connectivity index (χ4n) is 4.04. The predicted molar refractivity (Wildman–Crippen MR) is 138 cm³/mol. The smallest absolute Gasteiger partial charge is 0.237 e. The Balaban J connectivity index is 0.00000228. The molecular weight excluding hydrogens is 513 g/mol. The number of imidazole rings is 1. The van der Waals surface area contributed by atoms with Crippen molar-refractivity contribution in [3.63, 3.8) is 0 Å². The van der Waals surface area contributed by atoms with Crippen LogP contribution < -0.4 is 20.7 Å². The van der Waals surface area contributed by atoms with Crippen LogP contribution >= 0.6 is 24.8 Å². The molecule has 198 valence electrons. The summed E-state index contributed by atoms with van der Waals surface area (Å²) in [7, 11) is 5.25. The molecule has 5 atom stereocenters. The number of anilines is 1. The van der Waals surface area contributed by atoms with Crippen LogP contribution in [0.2, 0.25) is 0 Å². The number of nitrogens with zero attached hydrogens (tertiary/aromatic N) is 5. The van der Waals surface area contributed by atoms with Crippen LogP contribution in [0.1, 0.15) is 11.8 Å². The van der Waals surface area contributed by atoms with E-state index in [1.807, 2.05) is 26.2 Å². The van der Waals surface area contributed by atoms with Gasteiger partial charge in [-0.25, -0.2) is 15.0 Å². The molecule has 0 aliphatic carbocycles. The SMILES string of the molecule is COc1ccc(C[C@H](N)C(=O)N[C@@H]2[C@H](O)[C@H](n3cnc4c(N(C)C)ncnc43)O[C@H]2CO)cc1.Cl.Cl. The number of amides is 1. The average Bonchev–Trinajstić information content (AvgIpc) is 3.40. The van der Waals surface area contributed by atoms with Crippen LogP contribution in [0.5, 0.6) is 5.75 Å². The highest BCUT2D eigenvalue weighted by atomic mass is 35.5. The van der Waals surface area contributed by atoms with Gasteiger partial charge in [0, 0.05) is 14.1 Å². The van der Waals surface area contributed by atoms with Crippen LogP contribution in [0, 0.1) is 0 Å². The van der Waals surface area contributed by atoms with Crippen molar-refractivity contribution in [2.24, 2.45) is 5.73 Å². The van der Waals surface area contributed by atoms with Gasteiger partial charge in [-0.2, -0.15) is 0 Å². The Hall–Kier alpha value is -2.74. The van der Waals surface area contributed by atoms with E-state index < -0.39 is 43.0 Å². The number of hydrogen-bond acceptors (Lipinski definition) is 10. The minimum Gasteiger partial charge on any atom is -0.497 e. The van der Waals surface area contributed by atoms with Gasteiger partial charge in [-0.3, -0.25) is 9.36 Å². The summed E-state index contributed by atoms with van der Waals surface area (Å²) in [5.41, 5.74) is 7.98. The maximum Gasteiger partial charge on any atom is 0.237 e. The van der Waals surface area contributed by atoms with E-state index in [0.717, 1.165) is 5.56 Å². The molecule has 1 fully saturated rings. The number of nitrogens with one attached hydrogen (secondary N) is 1. The first-order valence-corrected chi connectivity index (χ1v) is 10.8. The Labute approximate surface area is 220 Å². The molecule has 0 radical (unpaired) electrons. The third kappa shape index (κ3) is 5.80. The second kappa shape index (κ2) is 12.5.